The molecule has 0 aromatic heterocycles. The summed E-state index contributed by atoms with van der Waals surface area (Å²) in [5.74, 6) is -2.40. The molecule has 6 N–H and O–H groups in total. The second kappa shape index (κ2) is 15.4. The van der Waals surface area contributed by atoms with E-state index in [4.69, 9.17) is 4.74 Å². The lowest BCUT2D eigenvalue weighted by Gasteiger charge is -2.24. The fourth-order valence-corrected chi connectivity index (χ4v) is 4.09. The van der Waals surface area contributed by atoms with Crippen LogP contribution in [-0.2, 0) is 25.7 Å². The van der Waals surface area contributed by atoms with E-state index in [1.165, 1.54) is 6.92 Å². The predicted octanol–water partition coefficient (Wildman–Crippen LogP) is 2.18. The van der Waals surface area contributed by atoms with Crippen LogP contribution in [0.15, 0.2) is 42.5 Å². The molecule has 0 aliphatic carbocycles. The van der Waals surface area contributed by atoms with Gasteiger partial charge in [0.15, 0.2) is 0 Å². The molecule has 0 saturated carbocycles. The van der Waals surface area contributed by atoms with Crippen LogP contribution in [0.5, 0.6) is 0 Å². The highest BCUT2D eigenvalue weighted by Crippen LogP contribution is 2.16. The second-order valence-electron chi connectivity index (χ2n) is 11.6. The number of fused-ring (bicyclic) bond motifs is 1. The van der Waals surface area contributed by atoms with E-state index < -0.39 is 54.6 Å². The Morgan fingerprint density at radius 2 is 1.56 bits per heavy atom. The van der Waals surface area contributed by atoms with Gasteiger partial charge >= 0.3 is 13.2 Å². The van der Waals surface area contributed by atoms with Gasteiger partial charge in [-0.25, -0.2) is 4.79 Å². The van der Waals surface area contributed by atoms with Crippen LogP contribution in [0.1, 0.15) is 66.4 Å². The number of hydrogen-bond donors (Lipinski definition) is 6. The number of benzene rings is 2. The lowest BCUT2D eigenvalue weighted by Crippen LogP contribution is -2.53. The molecule has 0 fully saturated rings. The molecular formula is C29H43BN4O7. The molecule has 0 aliphatic heterocycles. The first-order chi connectivity index (χ1) is 19.1. The molecule has 0 saturated heterocycles. The maximum absolute atomic E-state index is 13.2. The molecule has 0 radical (unpaired) electrons. The summed E-state index contributed by atoms with van der Waals surface area (Å²) in [4.78, 5) is 50.8. The Labute approximate surface area is 241 Å². The number of nitrogens with one attached hydrogen (secondary N) is 4. The van der Waals surface area contributed by atoms with E-state index >= 15 is 0 Å². The Hall–Kier alpha value is -3.64. The SMILES string of the molecule is CC(C)C[C@H](NC(=O)CC[C@H](NC(=O)[C@H](C)NC(=O)OC(C)(C)C)C(=O)NCc1ccc2ccccc2c1)B(O)O. The van der Waals surface area contributed by atoms with Crippen LogP contribution in [0.2, 0.25) is 0 Å². The Bertz CT molecular complexity index is 1200. The van der Waals surface area contributed by atoms with Crippen molar-refractivity contribution < 1.29 is 34.0 Å². The molecule has 2 aromatic carbocycles. The van der Waals surface area contributed by atoms with Gasteiger partial charge in [-0.05, 0) is 68.9 Å². The molecule has 3 atom stereocenters. The fourth-order valence-electron chi connectivity index (χ4n) is 4.09. The van der Waals surface area contributed by atoms with E-state index in [1.807, 2.05) is 56.3 Å². The number of carbonyl (C=O) groups is 4. The van der Waals surface area contributed by atoms with Crippen LogP contribution < -0.4 is 21.3 Å². The van der Waals surface area contributed by atoms with Gasteiger partial charge in [0.2, 0.25) is 17.7 Å². The average molecular weight is 570 g/mol. The minimum Gasteiger partial charge on any atom is -0.444 e. The van der Waals surface area contributed by atoms with Crippen molar-refractivity contribution in [1.82, 2.24) is 21.3 Å². The normalized spacial score (nSPS) is 13.6. The van der Waals surface area contributed by atoms with Crippen molar-refractivity contribution in [2.45, 2.75) is 91.0 Å². The van der Waals surface area contributed by atoms with Crippen molar-refractivity contribution in [1.29, 1.82) is 0 Å². The van der Waals surface area contributed by atoms with Crippen LogP contribution in [0, 0.1) is 5.92 Å². The molecule has 4 amide bonds. The van der Waals surface area contributed by atoms with Crippen LogP contribution in [0.25, 0.3) is 10.8 Å². The number of amides is 4. The lowest BCUT2D eigenvalue weighted by atomic mass is 9.75. The van der Waals surface area contributed by atoms with Crippen LogP contribution in [0.4, 0.5) is 4.79 Å². The van der Waals surface area contributed by atoms with Crippen molar-refractivity contribution in [2.75, 3.05) is 0 Å². The Balaban J connectivity index is 2.09. The third-order valence-corrected chi connectivity index (χ3v) is 6.13. The minimum absolute atomic E-state index is 0.0593. The van der Waals surface area contributed by atoms with Gasteiger partial charge in [-0.15, -0.1) is 0 Å². The summed E-state index contributed by atoms with van der Waals surface area (Å²) < 4.78 is 5.19. The first-order valence-electron chi connectivity index (χ1n) is 13.9. The zero-order valence-electron chi connectivity index (χ0n) is 24.7. The zero-order valence-corrected chi connectivity index (χ0v) is 24.7. The second-order valence-corrected chi connectivity index (χ2v) is 11.6. The van der Waals surface area contributed by atoms with E-state index in [0.717, 1.165) is 16.3 Å². The monoisotopic (exact) mass is 570 g/mol. The third kappa shape index (κ3) is 12.2. The highest BCUT2D eigenvalue weighted by molar-refractivity contribution is 6.43. The summed E-state index contributed by atoms with van der Waals surface area (Å²) in [5.41, 5.74) is 0.0993. The van der Waals surface area contributed by atoms with Crippen LogP contribution >= 0.6 is 0 Å². The molecule has 0 unspecified atom stereocenters. The largest absolute Gasteiger partial charge is 0.475 e. The van der Waals surface area contributed by atoms with Gasteiger partial charge in [0, 0.05) is 13.0 Å². The summed E-state index contributed by atoms with van der Waals surface area (Å²) in [6.07, 6.45) is -0.653. The molecule has 41 heavy (non-hydrogen) atoms. The molecule has 2 rings (SSSR count). The molecule has 2 aromatic rings. The maximum atomic E-state index is 13.2. The predicted molar refractivity (Wildman–Crippen MR) is 157 cm³/mol. The van der Waals surface area contributed by atoms with E-state index in [0.29, 0.717) is 6.42 Å². The van der Waals surface area contributed by atoms with E-state index in [1.54, 1.807) is 20.8 Å². The van der Waals surface area contributed by atoms with Gasteiger partial charge in [-0.2, -0.15) is 0 Å². The Morgan fingerprint density at radius 1 is 0.902 bits per heavy atom. The van der Waals surface area contributed by atoms with Crippen LogP contribution in [-0.4, -0.2) is 64.6 Å². The molecule has 12 heteroatoms. The summed E-state index contributed by atoms with van der Waals surface area (Å²) in [7, 11) is -1.73. The maximum Gasteiger partial charge on any atom is 0.475 e. The summed E-state index contributed by atoms with van der Waals surface area (Å²) in [6, 6.07) is 11.5. The number of ether oxygens (including phenoxy) is 1. The van der Waals surface area contributed by atoms with E-state index in [-0.39, 0.29) is 25.3 Å². The number of hydrogen-bond acceptors (Lipinski definition) is 7. The van der Waals surface area contributed by atoms with E-state index in [9.17, 15) is 29.2 Å². The highest BCUT2D eigenvalue weighted by Gasteiger charge is 2.29. The van der Waals surface area contributed by atoms with Gasteiger partial charge < -0.3 is 36.1 Å². The van der Waals surface area contributed by atoms with Gasteiger partial charge in [-0.1, -0.05) is 50.2 Å². The van der Waals surface area contributed by atoms with Crippen molar-refractivity contribution >= 4 is 41.7 Å². The summed E-state index contributed by atoms with van der Waals surface area (Å²) in [5, 5.41) is 31.8. The van der Waals surface area contributed by atoms with Crippen LogP contribution in [0.3, 0.4) is 0 Å². The topological polar surface area (TPSA) is 166 Å². The number of alkyl carbamates (subject to hydrolysis) is 1. The molecule has 0 aliphatic rings. The number of carbonyl (C=O) groups excluding carboxylic acids is 4. The molecule has 0 heterocycles. The standard InChI is InChI=1S/C29H43BN4O7/c1-18(2)15-24(30(39)40)34-25(35)14-13-23(33-26(36)19(3)32-28(38)41-29(4,5)6)27(37)31-17-20-11-12-21-9-7-8-10-22(21)16-20/h7-12,16,18-19,23-24,39-40H,13-15,17H2,1-6H3,(H,31,37)(H,32,38)(H,33,36)(H,34,35)/t19-,23-,24-/m0/s1. The Kier molecular flexibility index (Phi) is 12.6. The molecule has 224 valence electrons. The van der Waals surface area contributed by atoms with Gasteiger partial charge in [-0.3, -0.25) is 14.4 Å². The smallest absolute Gasteiger partial charge is 0.444 e. The highest BCUT2D eigenvalue weighted by atomic mass is 16.6. The Morgan fingerprint density at radius 3 is 2.17 bits per heavy atom. The third-order valence-electron chi connectivity index (χ3n) is 6.13. The van der Waals surface area contributed by atoms with Crippen molar-refractivity contribution in [3.63, 3.8) is 0 Å². The number of rotatable bonds is 13. The molecule has 11 nitrogen and oxygen atoms in total. The van der Waals surface area contributed by atoms with Crippen molar-refractivity contribution in [3.8, 4) is 0 Å². The first kappa shape index (κ1) is 33.6. The quantitative estimate of drug-likeness (QED) is 0.201. The van der Waals surface area contributed by atoms with Gasteiger partial charge in [0.05, 0.1) is 5.94 Å². The fraction of sp³-hybridized carbons (Fsp3) is 0.517. The van der Waals surface area contributed by atoms with Gasteiger partial charge in [0.25, 0.3) is 0 Å². The van der Waals surface area contributed by atoms with Crippen molar-refractivity contribution in [2.24, 2.45) is 5.92 Å². The lowest BCUT2D eigenvalue weighted by molar-refractivity contribution is -0.130. The minimum atomic E-state index is -1.73. The summed E-state index contributed by atoms with van der Waals surface area (Å²) in [6.45, 7) is 10.5. The summed E-state index contributed by atoms with van der Waals surface area (Å²) >= 11 is 0. The molecular weight excluding hydrogens is 527 g/mol. The zero-order chi connectivity index (χ0) is 30.7. The average Bonchev–Trinajstić information content (AvgIpc) is 2.87. The van der Waals surface area contributed by atoms with Gasteiger partial charge in [0.1, 0.15) is 17.7 Å². The molecule has 0 spiro atoms. The molecule has 0 bridgehead atoms. The van der Waals surface area contributed by atoms with Crippen molar-refractivity contribution in [3.05, 3.63) is 48.0 Å². The first-order valence-corrected chi connectivity index (χ1v) is 13.9. The van der Waals surface area contributed by atoms with E-state index in [2.05, 4.69) is 21.3 Å².